The maximum Gasteiger partial charge on any atom is 0.151 e. The Kier molecular flexibility index (Phi) is 3.87. The standard InChI is InChI=1S/C23H27NO/c1-16-10-12-19-21(14-16)25-22-15-17(23(2,3)4)11-13-20(22)24(19)18-8-6-5-7-9-18/h5-6,8,10-14,17H,7,9,15H2,1-4H3. The molecule has 0 fully saturated rings. The molecule has 1 unspecified atom stereocenters. The summed E-state index contributed by atoms with van der Waals surface area (Å²) >= 11 is 0. The average molecular weight is 333 g/mol. The Hall–Kier alpha value is -2.22. The van der Waals surface area contributed by atoms with Crippen LogP contribution in [0.15, 0.2) is 65.7 Å². The normalized spacial score (nSPS) is 22.3. The molecule has 0 bridgehead atoms. The molecule has 0 spiro atoms. The van der Waals surface area contributed by atoms with Crippen molar-refractivity contribution in [3.05, 3.63) is 71.3 Å². The molecule has 2 nitrogen and oxygen atoms in total. The minimum Gasteiger partial charge on any atom is -0.457 e. The smallest absolute Gasteiger partial charge is 0.151 e. The molecular weight excluding hydrogens is 306 g/mol. The number of aryl methyl sites for hydroxylation is 1. The summed E-state index contributed by atoms with van der Waals surface area (Å²) in [6.07, 6.45) is 14.4. The highest BCUT2D eigenvalue weighted by molar-refractivity contribution is 5.72. The molecule has 1 aromatic rings. The van der Waals surface area contributed by atoms with Gasteiger partial charge in [-0.3, -0.25) is 0 Å². The van der Waals surface area contributed by atoms with Crippen LogP contribution in [0.2, 0.25) is 0 Å². The first-order chi connectivity index (χ1) is 11.9. The van der Waals surface area contributed by atoms with Gasteiger partial charge in [0.15, 0.2) is 5.75 Å². The lowest BCUT2D eigenvalue weighted by Crippen LogP contribution is -2.32. The number of benzene rings is 1. The summed E-state index contributed by atoms with van der Waals surface area (Å²) < 4.78 is 6.40. The molecule has 3 aliphatic rings. The number of fused-ring (bicyclic) bond motifs is 1. The Morgan fingerprint density at radius 3 is 2.76 bits per heavy atom. The van der Waals surface area contributed by atoms with Crippen molar-refractivity contribution < 1.29 is 4.74 Å². The Labute approximate surface area is 151 Å². The van der Waals surface area contributed by atoms with Gasteiger partial charge < -0.3 is 9.64 Å². The van der Waals surface area contributed by atoms with Crippen molar-refractivity contribution in [1.29, 1.82) is 0 Å². The zero-order valence-electron chi connectivity index (χ0n) is 15.7. The zero-order chi connectivity index (χ0) is 17.6. The Morgan fingerprint density at radius 1 is 1.20 bits per heavy atom. The molecule has 2 heteroatoms. The van der Waals surface area contributed by atoms with Gasteiger partial charge in [0.25, 0.3) is 0 Å². The largest absolute Gasteiger partial charge is 0.457 e. The first-order valence-corrected chi connectivity index (χ1v) is 9.29. The molecule has 0 saturated carbocycles. The van der Waals surface area contributed by atoms with Crippen molar-refractivity contribution in [3.8, 4) is 5.75 Å². The van der Waals surface area contributed by atoms with Crippen LogP contribution in [0, 0.1) is 18.3 Å². The Balaban J connectivity index is 1.80. The van der Waals surface area contributed by atoms with Gasteiger partial charge in [-0.25, -0.2) is 0 Å². The van der Waals surface area contributed by atoms with Gasteiger partial charge in [-0.1, -0.05) is 45.1 Å². The predicted molar refractivity (Wildman–Crippen MR) is 104 cm³/mol. The number of hydrogen-bond donors (Lipinski definition) is 0. The van der Waals surface area contributed by atoms with E-state index in [1.807, 2.05) is 0 Å². The van der Waals surface area contributed by atoms with Crippen molar-refractivity contribution >= 4 is 5.69 Å². The molecule has 0 amide bonds. The molecule has 130 valence electrons. The van der Waals surface area contributed by atoms with E-state index in [2.05, 4.69) is 81.2 Å². The number of rotatable bonds is 1. The zero-order valence-corrected chi connectivity index (χ0v) is 15.7. The third-order valence-corrected chi connectivity index (χ3v) is 5.40. The monoisotopic (exact) mass is 333 g/mol. The van der Waals surface area contributed by atoms with Crippen LogP contribution in [-0.2, 0) is 0 Å². The number of nitrogens with zero attached hydrogens (tertiary/aromatic N) is 1. The van der Waals surface area contributed by atoms with Crippen molar-refractivity contribution in [2.75, 3.05) is 4.90 Å². The van der Waals surface area contributed by atoms with E-state index in [0.717, 1.165) is 36.5 Å². The van der Waals surface area contributed by atoms with E-state index in [4.69, 9.17) is 4.74 Å². The van der Waals surface area contributed by atoms with Crippen LogP contribution in [0.4, 0.5) is 5.69 Å². The lowest BCUT2D eigenvalue weighted by molar-refractivity contribution is 0.254. The average Bonchev–Trinajstić information content (AvgIpc) is 2.59. The first-order valence-electron chi connectivity index (χ1n) is 9.29. The maximum atomic E-state index is 6.40. The summed E-state index contributed by atoms with van der Waals surface area (Å²) in [5, 5.41) is 0. The van der Waals surface area contributed by atoms with Crippen LogP contribution in [-0.4, -0.2) is 0 Å². The minimum absolute atomic E-state index is 0.239. The fourth-order valence-electron chi connectivity index (χ4n) is 3.80. The molecule has 1 aliphatic heterocycles. The lowest BCUT2D eigenvalue weighted by atomic mass is 9.76. The molecule has 25 heavy (non-hydrogen) atoms. The number of ether oxygens (including phenoxy) is 1. The summed E-state index contributed by atoms with van der Waals surface area (Å²) in [6.45, 7) is 9.04. The second-order valence-electron chi connectivity index (χ2n) is 8.38. The van der Waals surface area contributed by atoms with Crippen LogP contribution in [0.1, 0.15) is 45.6 Å². The summed E-state index contributed by atoms with van der Waals surface area (Å²) in [7, 11) is 0. The molecule has 1 heterocycles. The molecule has 0 saturated heterocycles. The molecule has 4 rings (SSSR count). The third kappa shape index (κ3) is 2.95. The second-order valence-corrected chi connectivity index (χ2v) is 8.38. The highest BCUT2D eigenvalue weighted by atomic mass is 16.5. The number of allylic oxidation sites excluding steroid dienone is 7. The maximum absolute atomic E-state index is 6.40. The number of anilines is 1. The summed E-state index contributed by atoms with van der Waals surface area (Å²) in [4.78, 5) is 2.41. The van der Waals surface area contributed by atoms with E-state index in [1.54, 1.807) is 0 Å². The summed E-state index contributed by atoms with van der Waals surface area (Å²) in [6, 6.07) is 6.53. The van der Waals surface area contributed by atoms with E-state index in [9.17, 15) is 0 Å². The summed E-state index contributed by atoms with van der Waals surface area (Å²) in [5.41, 5.74) is 5.19. The van der Waals surface area contributed by atoms with Crippen LogP contribution in [0.3, 0.4) is 0 Å². The Bertz CT molecular complexity index is 817. The van der Waals surface area contributed by atoms with Gasteiger partial charge in [0.05, 0.1) is 11.4 Å². The minimum atomic E-state index is 0.239. The van der Waals surface area contributed by atoms with Crippen LogP contribution >= 0.6 is 0 Å². The SMILES string of the molecule is Cc1ccc2c(c1)OC1=C(C=CC(C(C)(C)C)C1)N2C1=CC=CCC1. The van der Waals surface area contributed by atoms with E-state index >= 15 is 0 Å². The third-order valence-electron chi connectivity index (χ3n) is 5.40. The molecule has 0 N–H and O–H groups in total. The van der Waals surface area contributed by atoms with Gasteiger partial charge in [0, 0.05) is 12.1 Å². The van der Waals surface area contributed by atoms with Crippen molar-refractivity contribution in [1.82, 2.24) is 0 Å². The van der Waals surface area contributed by atoms with Gasteiger partial charge in [0.2, 0.25) is 0 Å². The predicted octanol–water partition coefficient (Wildman–Crippen LogP) is 6.26. The van der Waals surface area contributed by atoms with Crippen LogP contribution in [0.25, 0.3) is 0 Å². The lowest BCUT2D eigenvalue weighted by Gasteiger charge is -2.40. The van der Waals surface area contributed by atoms with Gasteiger partial charge in [0.1, 0.15) is 5.76 Å². The van der Waals surface area contributed by atoms with Crippen molar-refractivity contribution in [2.45, 2.75) is 47.0 Å². The van der Waals surface area contributed by atoms with Crippen molar-refractivity contribution in [3.63, 3.8) is 0 Å². The van der Waals surface area contributed by atoms with E-state index in [-0.39, 0.29) is 5.41 Å². The summed E-state index contributed by atoms with van der Waals surface area (Å²) in [5.74, 6) is 2.59. The van der Waals surface area contributed by atoms with E-state index in [1.165, 1.54) is 17.0 Å². The highest BCUT2D eigenvalue weighted by Crippen LogP contribution is 2.47. The second kappa shape index (κ2) is 5.94. The highest BCUT2D eigenvalue weighted by Gasteiger charge is 2.34. The van der Waals surface area contributed by atoms with Crippen LogP contribution < -0.4 is 9.64 Å². The van der Waals surface area contributed by atoms with Gasteiger partial charge >= 0.3 is 0 Å². The fourth-order valence-corrected chi connectivity index (χ4v) is 3.80. The molecule has 1 atom stereocenters. The van der Waals surface area contributed by atoms with Crippen LogP contribution in [0.5, 0.6) is 5.75 Å². The van der Waals surface area contributed by atoms with Crippen molar-refractivity contribution in [2.24, 2.45) is 11.3 Å². The Morgan fingerprint density at radius 2 is 2.04 bits per heavy atom. The molecule has 1 aromatic carbocycles. The van der Waals surface area contributed by atoms with Gasteiger partial charge in [-0.05, 0) is 60.9 Å². The van der Waals surface area contributed by atoms with Gasteiger partial charge in [-0.15, -0.1) is 0 Å². The van der Waals surface area contributed by atoms with Gasteiger partial charge in [-0.2, -0.15) is 0 Å². The van der Waals surface area contributed by atoms with E-state index < -0.39 is 0 Å². The van der Waals surface area contributed by atoms with E-state index in [0.29, 0.717) is 5.92 Å². The molecule has 0 radical (unpaired) electrons. The molecular formula is C23H27NO. The topological polar surface area (TPSA) is 12.5 Å². The fraction of sp³-hybridized carbons (Fsp3) is 0.391. The molecule has 0 aromatic heterocycles. The number of hydrogen-bond acceptors (Lipinski definition) is 2. The molecule has 2 aliphatic carbocycles. The quantitative estimate of drug-likeness (QED) is 0.601. The first kappa shape index (κ1) is 16.3.